The van der Waals surface area contributed by atoms with E-state index in [0.29, 0.717) is 0 Å². The van der Waals surface area contributed by atoms with Crippen LogP contribution in [0.2, 0.25) is 5.02 Å². The SMILES string of the molecule is COc1cccc(C(=O)C(F)F)c1Cl. The minimum absolute atomic E-state index is 0.0831. The zero-order valence-electron chi connectivity index (χ0n) is 7.26. The van der Waals surface area contributed by atoms with E-state index >= 15 is 0 Å². The Kier molecular flexibility index (Phi) is 3.41. The smallest absolute Gasteiger partial charge is 0.300 e. The number of ketones is 1. The number of hydrogen-bond acceptors (Lipinski definition) is 2. The predicted octanol–water partition coefficient (Wildman–Crippen LogP) is 2.80. The highest BCUT2D eigenvalue weighted by Crippen LogP contribution is 2.28. The van der Waals surface area contributed by atoms with Gasteiger partial charge in [0.05, 0.1) is 12.1 Å². The van der Waals surface area contributed by atoms with Crippen molar-refractivity contribution >= 4 is 17.4 Å². The van der Waals surface area contributed by atoms with Crippen molar-refractivity contribution in [3.05, 3.63) is 28.8 Å². The third-order valence-electron chi connectivity index (χ3n) is 1.65. The van der Waals surface area contributed by atoms with E-state index in [-0.39, 0.29) is 16.3 Å². The maximum Gasteiger partial charge on any atom is 0.300 e. The lowest BCUT2D eigenvalue weighted by molar-refractivity contribution is 0.0678. The summed E-state index contributed by atoms with van der Waals surface area (Å²) in [5.74, 6) is -1.09. The molecule has 1 rings (SSSR count). The lowest BCUT2D eigenvalue weighted by Gasteiger charge is -2.06. The third-order valence-corrected chi connectivity index (χ3v) is 2.04. The molecule has 1 aromatic carbocycles. The van der Waals surface area contributed by atoms with Gasteiger partial charge in [-0.1, -0.05) is 17.7 Å². The summed E-state index contributed by atoms with van der Waals surface area (Å²) in [6, 6.07) is 4.16. The number of hydrogen-bond donors (Lipinski definition) is 0. The Hall–Kier alpha value is -1.16. The Bertz CT molecular complexity index is 353. The molecule has 0 N–H and O–H groups in total. The topological polar surface area (TPSA) is 26.3 Å². The highest BCUT2D eigenvalue weighted by atomic mass is 35.5. The van der Waals surface area contributed by atoms with Crippen molar-refractivity contribution in [3.63, 3.8) is 0 Å². The van der Waals surface area contributed by atoms with Crippen LogP contribution in [0.15, 0.2) is 18.2 Å². The Morgan fingerprint density at radius 3 is 2.64 bits per heavy atom. The molecule has 0 aliphatic heterocycles. The number of alkyl halides is 2. The number of Topliss-reactive ketones (excluding diaryl/α,β-unsaturated/α-hetero) is 1. The first-order chi connectivity index (χ1) is 6.57. The number of rotatable bonds is 3. The van der Waals surface area contributed by atoms with Crippen LogP contribution in [0.3, 0.4) is 0 Å². The van der Waals surface area contributed by atoms with Gasteiger partial charge in [0.1, 0.15) is 5.75 Å². The average Bonchev–Trinajstić information content (AvgIpc) is 2.17. The number of carbonyl (C=O) groups is 1. The summed E-state index contributed by atoms with van der Waals surface area (Å²) in [5, 5.41) is -0.0831. The molecule has 0 fully saturated rings. The van der Waals surface area contributed by atoms with Gasteiger partial charge in [0.2, 0.25) is 5.78 Å². The van der Waals surface area contributed by atoms with E-state index < -0.39 is 12.2 Å². The molecule has 2 nitrogen and oxygen atoms in total. The molecule has 0 radical (unpaired) electrons. The van der Waals surface area contributed by atoms with Crippen LogP contribution in [-0.4, -0.2) is 19.3 Å². The summed E-state index contributed by atoms with van der Waals surface area (Å²) in [6.07, 6.45) is -3.06. The predicted molar refractivity (Wildman–Crippen MR) is 48.3 cm³/mol. The number of carbonyl (C=O) groups excluding carboxylic acids is 1. The fourth-order valence-corrected chi connectivity index (χ4v) is 1.27. The molecule has 1 aromatic rings. The quantitative estimate of drug-likeness (QED) is 0.733. The van der Waals surface area contributed by atoms with E-state index in [9.17, 15) is 13.6 Å². The molecule has 14 heavy (non-hydrogen) atoms. The largest absolute Gasteiger partial charge is 0.495 e. The average molecular weight is 221 g/mol. The van der Waals surface area contributed by atoms with Gasteiger partial charge in [0.15, 0.2) is 0 Å². The molecule has 0 saturated heterocycles. The van der Waals surface area contributed by atoms with Gasteiger partial charge < -0.3 is 4.74 Å². The standard InChI is InChI=1S/C9H7ClF2O2/c1-14-6-4-2-3-5(7(6)10)8(13)9(11)12/h2-4,9H,1H3. The molecule has 5 heteroatoms. The summed E-state index contributed by atoms with van der Waals surface area (Å²) < 4.78 is 28.9. The fraction of sp³-hybridized carbons (Fsp3) is 0.222. The highest BCUT2D eigenvalue weighted by molar-refractivity contribution is 6.35. The van der Waals surface area contributed by atoms with Crippen LogP contribution in [0.4, 0.5) is 8.78 Å². The fourth-order valence-electron chi connectivity index (χ4n) is 0.976. The van der Waals surface area contributed by atoms with Gasteiger partial charge in [-0.15, -0.1) is 0 Å². The normalized spacial score (nSPS) is 10.4. The lowest BCUT2D eigenvalue weighted by atomic mass is 10.1. The molecular formula is C9H7ClF2O2. The maximum atomic E-state index is 12.1. The van der Waals surface area contributed by atoms with Crippen LogP contribution in [-0.2, 0) is 0 Å². The second-order valence-electron chi connectivity index (χ2n) is 2.49. The van der Waals surface area contributed by atoms with E-state index in [0.717, 1.165) is 0 Å². The summed E-state index contributed by atoms with van der Waals surface area (Å²) in [4.78, 5) is 10.9. The molecule has 0 heterocycles. The van der Waals surface area contributed by atoms with Crippen LogP contribution < -0.4 is 4.74 Å². The molecule has 0 saturated carbocycles. The van der Waals surface area contributed by atoms with E-state index in [1.807, 2.05) is 0 Å². The van der Waals surface area contributed by atoms with Crippen molar-refractivity contribution in [2.24, 2.45) is 0 Å². The van der Waals surface area contributed by atoms with Gasteiger partial charge in [-0.2, -0.15) is 0 Å². The first-order valence-corrected chi connectivity index (χ1v) is 4.10. The van der Waals surface area contributed by atoms with Crippen LogP contribution in [0.25, 0.3) is 0 Å². The zero-order chi connectivity index (χ0) is 10.7. The van der Waals surface area contributed by atoms with Crippen molar-refractivity contribution in [3.8, 4) is 5.75 Å². The molecule has 0 aliphatic carbocycles. The molecule has 0 bridgehead atoms. The minimum atomic E-state index is -3.06. The van der Waals surface area contributed by atoms with Gasteiger partial charge in [-0.25, -0.2) is 8.78 Å². The molecule has 0 atom stereocenters. The number of ether oxygens (including phenoxy) is 1. The second-order valence-corrected chi connectivity index (χ2v) is 2.86. The number of benzene rings is 1. The van der Waals surface area contributed by atoms with Gasteiger partial charge in [-0.3, -0.25) is 4.79 Å². The van der Waals surface area contributed by atoms with Crippen molar-refractivity contribution in [2.45, 2.75) is 6.43 Å². The minimum Gasteiger partial charge on any atom is -0.495 e. The molecule has 0 amide bonds. The van der Waals surface area contributed by atoms with E-state index in [2.05, 4.69) is 0 Å². The summed E-state index contributed by atoms with van der Waals surface area (Å²) in [5.41, 5.74) is -0.221. The maximum absolute atomic E-state index is 12.1. The van der Waals surface area contributed by atoms with E-state index in [4.69, 9.17) is 16.3 Å². The van der Waals surface area contributed by atoms with Crippen molar-refractivity contribution in [2.75, 3.05) is 7.11 Å². The molecule has 0 unspecified atom stereocenters. The van der Waals surface area contributed by atoms with Gasteiger partial charge in [0.25, 0.3) is 0 Å². The van der Waals surface area contributed by atoms with Crippen molar-refractivity contribution < 1.29 is 18.3 Å². The van der Waals surface area contributed by atoms with E-state index in [1.165, 1.54) is 25.3 Å². The van der Waals surface area contributed by atoms with Gasteiger partial charge in [0, 0.05) is 5.56 Å². The molecule has 0 aliphatic rings. The highest BCUT2D eigenvalue weighted by Gasteiger charge is 2.21. The third kappa shape index (κ3) is 2.01. The van der Waals surface area contributed by atoms with Gasteiger partial charge >= 0.3 is 6.43 Å². The van der Waals surface area contributed by atoms with Crippen molar-refractivity contribution in [1.29, 1.82) is 0 Å². The van der Waals surface area contributed by atoms with E-state index in [1.54, 1.807) is 0 Å². The van der Waals surface area contributed by atoms with Crippen LogP contribution in [0, 0.1) is 0 Å². The molecule has 76 valence electrons. The molecular weight excluding hydrogens is 214 g/mol. The Labute approximate surface area is 84.4 Å². The summed E-state index contributed by atoms with van der Waals surface area (Å²) in [7, 11) is 1.35. The van der Waals surface area contributed by atoms with Gasteiger partial charge in [-0.05, 0) is 12.1 Å². The molecule has 0 aromatic heterocycles. The van der Waals surface area contributed by atoms with Crippen LogP contribution >= 0.6 is 11.6 Å². The Balaban J connectivity index is 3.16. The number of halogens is 3. The van der Waals surface area contributed by atoms with Crippen LogP contribution in [0.5, 0.6) is 5.75 Å². The van der Waals surface area contributed by atoms with Crippen molar-refractivity contribution in [1.82, 2.24) is 0 Å². The monoisotopic (exact) mass is 220 g/mol. The summed E-state index contributed by atoms with van der Waals surface area (Å²) >= 11 is 5.67. The first kappa shape index (κ1) is 10.9. The zero-order valence-corrected chi connectivity index (χ0v) is 8.02. The Morgan fingerprint density at radius 2 is 2.14 bits per heavy atom. The van der Waals surface area contributed by atoms with Crippen LogP contribution in [0.1, 0.15) is 10.4 Å². The second kappa shape index (κ2) is 4.37. The molecule has 0 spiro atoms. The lowest BCUT2D eigenvalue weighted by Crippen LogP contribution is -2.10. The number of methoxy groups -OCH3 is 1. The Morgan fingerprint density at radius 1 is 1.50 bits per heavy atom. The summed E-state index contributed by atoms with van der Waals surface area (Å²) in [6.45, 7) is 0. The first-order valence-electron chi connectivity index (χ1n) is 3.72.